The average molecular weight is 849 g/mol. The molecule has 0 amide bonds. The van der Waals surface area contributed by atoms with E-state index in [4.69, 9.17) is 23.7 Å². The van der Waals surface area contributed by atoms with Crippen LogP contribution in [0.25, 0.3) is 11.2 Å². The van der Waals surface area contributed by atoms with Crippen LogP contribution in [0.3, 0.4) is 0 Å². The first-order chi connectivity index (χ1) is 29.5. The number of carbonyl (C=O) groups excluding carboxylic acids is 1. The Hall–Kier alpha value is -5.82. The summed E-state index contributed by atoms with van der Waals surface area (Å²) in [6.45, 7) is 3.33. The molecule has 1 aliphatic carbocycles. The Bertz CT molecular complexity index is 2500. The second-order valence-electron chi connectivity index (χ2n) is 15.9. The van der Waals surface area contributed by atoms with Crippen LogP contribution in [-0.2, 0) is 24.4 Å². The molecule has 2 fully saturated rings. The number of rotatable bonds is 15. The first kappa shape index (κ1) is 41.9. The Labute approximate surface area is 353 Å². The van der Waals surface area contributed by atoms with Crippen LogP contribution in [-0.4, -0.2) is 56.8 Å². The zero-order valence-electron chi connectivity index (χ0n) is 34.3. The molecule has 318 valence electrons. The third kappa shape index (κ3) is 8.98. The summed E-state index contributed by atoms with van der Waals surface area (Å²) in [7, 11) is -2.59. The molecule has 1 aliphatic heterocycles. The van der Waals surface area contributed by atoms with Gasteiger partial charge in [0, 0.05) is 12.3 Å². The molecular formula is C46H50FN6O7P. The van der Waals surface area contributed by atoms with E-state index >= 15 is 4.39 Å². The highest BCUT2D eigenvalue weighted by Crippen LogP contribution is 2.53. The van der Waals surface area contributed by atoms with Gasteiger partial charge in [0.1, 0.15) is 41.6 Å². The van der Waals surface area contributed by atoms with Crippen LogP contribution in [0.1, 0.15) is 75.3 Å². The lowest BCUT2D eigenvalue weighted by molar-refractivity contribution is -0.152. The quantitative estimate of drug-likeness (QED) is 0.0515. The SMILES string of the molecule is COc1ccc(C(Nc2nc3c(ncn3[C@@H]3O[C@](F)(CP(=O)(N[C@@H](C)C(=O)OC4CCCCC4)Oc4ccccc4)C[C@@H]3C)c(=O)[nH]2)(c2ccccc2)c2ccccc2)cc1. The number of fused-ring (bicyclic) bond motifs is 1. The van der Waals surface area contributed by atoms with Crippen LogP contribution in [0.15, 0.2) is 126 Å². The maximum atomic E-state index is 17.3. The lowest BCUT2D eigenvalue weighted by Crippen LogP contribution is -2.40. The van der Waals surface area contributed by atoms with Gasteiger partial charge in [-0.1, -0.05) is 104 Å². The van der Waals surface area contributed by atoms with Crippen molar-refractivity contribution >= 4 is 30.6 Å². The number of esters is 1. The normalized spacial score (nSPS) is 21.0. The zero-order valence-corrected chi connectivity index (χ0v) is 35.2. The van der Waals surface area contributed by atoms with Crippen molar-refractivity contribution in [3.8, 4) is 11.5 Å². The Morgan fingerprint density at radius 2 is 1.54 bits per heavy atom. The molecule has 2 aromatic heterocycles. The fourth-order valence-electron chi connectivity index (χ4n) is 8.54. The number of ether oxygens (including phenoxy) is 3. The number of para-hydroxylation sites is 1. The number of nitrogens with zero attached hydrogens (tertiary/aromatic N) is 3. The average Bonchev–Trinajstić information content (AvgIpc) is 3.83. The molecule has 6 aromatic rings. The van der Waals surface area contributed by atoms with E-state index in [0.717, 1.165) is 48.8 Å². The molecule has 4 aromatic carbocycles. The van der Waals surface area contributed by atoms with Crippen molar-refractivity contribution in [3.63, 3.8) is 0 Å². The molecule has 3 N–H and O–H groups in total. The highest BCUT2D eigenvalue weighted by atomic mass is 31.2. The van der Waals surface area contributed by atoms with Gasteiger partial charge in [0.25, 0.3) is 5.56 Å². The first-order valence-electron chi connectivity index (χ1n) is 20.7. The lowest BCUT2D eigenvalue weighted by Gasteiger charge is -2.37. The Morgan fingerprint density at radius 3 is 2.16 bits per heavy atom. The molecule has 0 radical (unpaired) electrons. The van der Waals surface area contributed by atoms with Crippen LogP contribution in [0, 0.1) is 5.92 Å². The summed E-state index contributed by atoms with van der Waals surface area (Å²) in [6, 6.07) is 34.6. The number of alkyl halides is 1. The Balaban J connectivity index is 1.11. The summed E-state index contributed by atoms with van der Waals surface area (Å²) in [5.74, 6) is -2.55. The van der Waals surface area contributed by atoms with Gasteiger partial charge in [-0.05, 0) is 73.6 Å². The minimum absolute atomic E-state index is 0.0252. The van der Waals surface area contributed by atoms with E-state index in [-0.39, 0.29) is 35.4 Å². The fraction of sp³-hybridized carbons (Fsp3) is 0.348. The molecule has 1 saturated carbocycles. The van der Waals surface area contributed by atoms with E-state index in [1.807, 2.05) is 84.9 Å². The van der Waals surface area contributed by atoms with Gasteiger partial charge in [-0.25, -0.2) is 14.5 Å². The highest BCUT2D eigenvalue weighted by molar-refractivity contribution is 7.57. The third-order valence-corrected chi connectivity index (χ3v) is 13.6. The van der Waals surface area contributed by atoms with Gasteiger partial charge in [-0.2, -0.15) is 4.98 Å². The summed E-state index contributed by atoms with van der Waals surface area (Å²) >= 11 is 0. The van der Waals surface area contributed by atoms with E-state index in [1.54, 1.807) is 44.4 Å². The van der Waals surface area contributed by atoms with Crippen molar-refractivity contribution < 1.29 is 32.5 Å². The predicted octanol–water partition coefficient (Wildman–Crippen LogP) is 8.88. The molecule has 1 unspecified atom stereocenters. The Kier molecular flexibility index (Phi) is 12.1. The molecule has 5 atom stereocenters. The number of anilines is 1. The largest absolute Gasteiger partial charge is 0.497 e. The summed E-state index contributed by atoms with van der Waals surface area (Å²) in [4.78, 5) is 39.2. The van der Waals surface area contributed by atoms with Crippen molar-refractivity contribution in [3.05, 3.63) is 149 Å². The van der Waals surface area contributed by atoms with Gasteiger partial charge in [-0.15, -0.1) is 0 Å². The maximum Gasteiger partial charge on any atom is 0.323 e. The second kappa shape index (κ2) is 17.6. The van der Waals surface area contributed by atoms with Crippen LogP contribution < -0.4 is 25.2 Å². The summed E-state index contributed by atoms with van der Waals surface area (Å²) in [5.41, 5.74) is 1.16. The second-order valence-corrected chi connectivity index (χ2v) is 18.0. The summed E-state index contributed by atoms with van der Waals surface area (Å²) in [5, 5.41) is 6.40. The van der Waals surface area contributed by atoms with Crippen molar-refractivity contribution in [1.29, 1.82) is 0 Å². The monoisotopic (exact) mass is 848 g/mol. The molecule has 13 nitrogen and oxygen atoms in total. The number of benzene rings is 4. The molecule has 0 bridgehead atoms. The van der Waals surface area contributed by atoms with E-state index in [1.165, 1.54) is 17.8 Å². The molecule has 2 aliphatic rings. The fourth-order valence-corrected chi connectivity index (χ4v) is 10.7. The van der Waals surface area contributed by atoms with Gasteiger partial charge >= 0.3 is 13.5 Å². The molecule has 3 heterocycles. The lowest BCUT2D eigenvalue weighted by atomic mass is 9.77. The first-order valence-corrected chi connectivity index (χ1v) is 22.5. The number of aromatic nitrogens is 4. The van der Waals surface area contributed by atoms with Gasteiger partial charge < -0.3 is 24.1 Å². The van der Waals surface area contributed by atoms with Crippen LogP contribution >= 0.6 is 7.52 Å². The molecule has 15 heteroatoms. The number of aromatic amines is 1. The minimum atomic E-state index is -4.19. The highest BCUT2D eigenvalue weighted by Gasteiger charge is 2.52. The Morgan fingerprint density at radius 1 is 0.934 bits per heavy atom. The number of nitrogens with one attached hydrogen (secondary N) is 3. The molecule has 0 spiro atoms. The van der Waals surface area contributed by atoms with Gasteiger partial charge in [0.05, 0.1) is 13.4 Å². The van der Waals surface area contributed by atoms with E-state index in [2.05, 4.69) is 20.4 Å². The zero-order chi connectivity index (χ0) is 42.6. The van der Waals surface area contributed by atoms with E-state index < -0.39 is 54.8 Å². The van der Waals surface area contributed by atoms with Gasteiger partial charge in [0.15, 0.2) is 11.2 Å². The van der Waals surface area contributed by atoms with Crippen molar-refractivity contribution in [2.45, 2.75) is 82.1 Å². The molecule has 8 rings (SSSR count). The van der Waals surface area contributed by atoms with Crippen molar-refractivity contribution in [2.75, 3.05) is 18.6 Å². The molecular weight excluding hydrogens is 799 g/mol. The number of carbonyl (C=O) groups is 1. The van der Waals surface area contributed by atoms with E-state index in [0.29, 0.717) is 5.75 Å². The maximum absolute atomic E-state index is 17.3. The molecule has 61 heavy (non-hydrogen) atoms. The number of hydrogen-bond acceptors (Lipinski definition) is 10. The van der Waals surface area contributed by atoms with Crippen LogP contribution in [0.4, 0.5) is 10.3 Å². The topological polar surface area (TPSA) is 159 Å². The van der Waals surface area contributed by atoms with Crippen LogP contribution in [0.5, 0.6) is 11.5 Å². The van der Waals surface area contributed by atoms with Crippen molar-refractivity contribution in [1.82, 2.24) is 24.6 Å². The standard InChI is InChI=1S/C46H50FN6O7P/c1-31-28-45(47,29-61(56,60-38-22-14-7-15-23-38)52-32(2)43(55)58-37-20-12-6-13-21-37)59-42(31)53-30-48-39-40(53)49-44(50-41(39)54)51-46(33-16-8-4-9-17-33,34-18-10-5-11-19-34)35-24-26-36(57-3)27-25-35/h4-5,7-11,14-19,22-27,30-32,37,42H,6,12-13,20-21,28-29H2,1-3H3,(H,52,56)(H2,49,50,51,54)/t31-,32-,42+,45-,61?/m0/s1. The number of halogens is 1. The summed E-state index contributed by atoms with van der Waals surface area (Å²) < 4.78 is 56.9. The smallest absolute Gasteiger partial charge is 0.323 e. The number of H-pyrrole nitrogens is 1. The third-order valence-electron chi connectivity index (χ3n) is 11.4. The number of hydrogen-bond donors (Lipinski definition) is 3. The molecule has 1 saturated heterocycles. The van der Waals surface area contributed by atoms with Crippen molar-refractivity contribution in [2.24, 2.45) is 5.92 Å². The predicted molar refractivity (Wildman–Crippen MR) is 230 cm³/mol. The summed E-state index contributed by atoms with van der Waals surface area (Å²) in [6.07, 6.45) is 3.83. The van der Waals surface area contributed by atoms with Gasteiger partial charge in [0.2, 0.25) is 11.8 Å². The number of imidazole rings is 1. The number of methoxy groups -OCH3 is 1. The minimum Gasteiger partial charge on any atom is -0.497 e. The van der Waals surface area contributed by atoms with Gasteiger partial charge in [-0.3, -0.25) is 23.7 Å². The van der Waals surface area contributed by atoms with E-state index in [9.17, 15) is 14.2 Å². The van der Waals surface area contributed by atoms with Crippen LogP contribution in [0.2, 0.25) is 0 Å².